The minimum absolute atomic E-state index is 0.152. The Labute approximate surface area is 203 Å². The summed E-state index contributed by atoms with van der Waals surface area (Å²) in [7, 11) is 0. The van der Waals surface area contributed by atoms with Crippen LogP contribution in [-0.4, -0.2) is 42.8 Å². The predicted molar refractivity (Wildman–Crippen MR) is 134 cm³/mol. The van der Waals surface area contributed by atoms with Crippen LogP contribution in [0.4, 0.5) is 0 Å². The fourth-order valence-corrected chi connectivity index (χ4v) is 3.97. The molecular formula is C28H39NO5. The average Bonchev–Trinajstić information content (AvgIpc) is 2.85. The molecule has 0 amide bonds. The summed E-state index contributed by atoms with van der Waals surface area (Å²) < 4.78 is 10.2. The summed E-state index contributed by atoms with van der Waals surface area (Å²) >= 11 is 0. The zero-order chi connectivity index (χ0) is 24.6. The Bertz CT molecular complexity index is 855. The number of benzene rings is 2. The number of rotatable bonds is 16. The second kappa shape index (κ2) is 16.0. The first kappa shape index (κ1) is 27.5. The van der Waals surface area contributed by atoms with Gasteiger partial charge < -0.3 is 19.9 Å². The maximum atomic E-state index is 12.4. The second-order valence-electron chi connectivity index (χ2n) is 8.27. The Morgan fingerprint density at radius 2 is 1.53 bits per heavy atom. The molecule has 34 heavy (non-hydrogen) atoms. The molecular weight excluding hydrogens is 430 g/mol. The number of carbonyl (C=O) groups excluding carboxylic acids is 2. The number of carbonyl (C=O) groups is 2. The van der Waals surface area contributed by atoms with E-state index in [9.17, 15) is 14.7 Å². The quantitative estimate of drug-likeness (QED) is 0.260. The number of hydrogen-bond acceptors (Lipinski definition) is 6. The van der Waals surface area contributed by atoms with Crippen LogP contribution in [-0.2, 0) is 19.1 Å². The first-order valence-corrected chi connectivity index (χ1v) is 12.4. The van der Waals surface area contributed by atoms with Gasteiger partial charge in [0.15, 0.2) is 0 Å². The third kappa shape index (κ3) is 9.65. The van der Waals surface area contributed by atoms with Crippen molar-refractivity contribution in [2.75, 3.05) is 19.8 Å². The van der Waals surface area contributed by atoms with Gasteiger partial charge in [0.05, 0.1) is 19.3 Å². The monoisotopic (exact) mass is 469 g/mol. The minimum Gasteiger partial charge on any atom is -0.466 e. The van der Waals surface area contributed by atoms with Crippen molar-refractivity contribution in [1.29, 1.82) is 0 Å². The van der Waals surface area contributed by atoms with Gasteiger partial charge in [-0.25, -0.2) is 0 Å². The molecule has 0 bridgehead atoms. The zero-order valence-corrected chi connectivity index (χ0v) is 20.5. The Morgan fingerprint density at radius 1 is 0.853 bits per heavy atom. The number of hydrogen-bond donors (Lipinski definition) is 2. The second-order valence-corrected chi connectivity index (χ2v) is 8.27. The molecule has 6 heteroatoms. The lowest BCUT2D eigenvalue weighted by Gasteiger charge is -2.20. The molecule has 0 aliphatic rings. The number of esters is 2. The summed E-state index contributed by atoms with van der Waals surface area (Å²) in [5.41, 5.74) is 2.96. The van der Waals surface area contributed by atoms with E-state index in [2.05, 4.69) is 5.32 Å². The SMILES string of the molecule is CCOC(=O)CCCCCCC(NCCC(O)c1ccccc1-c1ccccc1)C(=O)OCC. The normalized spacial score (nSPS) is 12.7. The molecule has 186 valence electrons. The molecule has 0 aliphatic carbocycles. The van der Waals surface area contributed by atoms with E-state index in [-0.39, 0.29) is 11.9 Å². The summed E-state index contributed by atoms with van der Waals surface area (Å²) in [6.07, 6.45) is 4.45. The highest BCUT2D eigenvalue weighted by Crippen LogP contribution is 2.29. The van der Waals surface area contributed by atoms with E-state index >= 15 is 0 Å². The molecule has 0 fully saturated rings. The highest BCUT2D eigenvalue weighted by Gasteiger charge is 2.20. The summed E-state index contributed by atoms with van der Waals surface area (Å²) in [5.74, 6) is -0.408. The summed E-state index contributed by atoms with van der Waals surface area (Å²) in [5, 5.41) is 14.2. The lowest BCUT2D eigenvalue weighted by Crippen LogP contribution is -2.39. The highest BCUT2D eigenvalue weighted by molar-refractivity contribution is 5.75. The van der Waals surface area contributed by atoms with Gasteiger partial charge in [-0.2, -0.15) is 0 Å². The van der Waals surface area contributed by atoms with Gasteiger partial charge in [-0.1, -0.05) is 73.9 Å². The van der Waals surface area contributed by atoms with E-state index in [1.165, 1.54) is 0 Å². The van der Waals surface area contributed by atoms with Gasteiger partial charge in [-0.15, -0.1) is 0 Å². The Hall–Kier alpha value is -2.70. The number of aliphatic hydroxyl groups excluding tert-OH is 1. The molecule has 0 spiro atoms. The Kier molecular flexibility index (Phi) is 13.0. The van der Waals surface area contributed by atoms with Crippen molar-refractivity contribution in [2.24, 2.45) is 0 Å². The van der Waals surface area contributed by atoms with Gasteiger partial charge in [0.1, 0.15) is 6.04 Å². The van der Waals surface area contributed by atoms with Gasteiger partial charge >= 0.3 is 11.9 Å². The molecule has 0 heterocycles. The van der Waals surface area contributed by atoms with Gasteiger partial charge in [0.2, 0.25) is 0 Å². The maximum absolute atomic E-state index is 12.4. The van der Waals surface area contributed by atoms with Crippen LogP contribution in [0.1, 0.15) is 70.5 Å². The molecule has 2 aromatic rings. The van der Waals surface area contributed by atoms with Crippen molar-refractivity contribution in [3.8, 4) is 11.1 Å². The third-order valence-electron chi connectivity index (χ3n) is 5.71. The lowest BCUT2D eigenvalue weighted by atomic mass is 9.95. The first-order valence-electron chi connectivity index (χ1n) is 12.4. The molecule has 0 aliphatic heterocycles. The van der Waals surface area contributed by atoms with E-state index in [4.69, 9.17) is 9.47 Å². The molecule has 2 N–H and O–H groups in total. The molecule has 0 saturated carbocycles. The Morgan fingerprint density at radius 3 is 2.26 bits per heavy atom. The van der Waals surface area contributed by atoms with Crippen LogP contribution in [0, 0.1) is 0 Å². The van der Waals surface area contributed by atoms with E-state index in [1.807, 2.05) is 61.5 Å². The van der Waals surface area contributed by atoms with Crippen LogP contribution in [0.3, 0.4) is 0 Å². The molecule has 2 unspecified atom stereocenters. The maximum Gasteiger partial charge on any atom is 0.323 e. The first-order chi connectivity index (χ1) is 16.6. The number of aliphatic hydroxyl groups is 1. The zero-order valence-electron chi connectivity index (χ0n) is 20.5. The molecule has 0 aromatic heterocycles. The van der Waals surface area contributed by atoms with Crippen molar-refractivity contribution >= 4 is 11.9 Å². The lowest BCUT2D eigenvalue weighted by molar-refractivity contribution is -0.146. The summed E-state index contributed by atoms with van der Waals surface area (Å²) in [4.78, 5) is 23.8. The van der Waals surface area contributed by atoms with Gasteiger partial charge in [-0.05, 0) is 56.3 Å². The average molecular weight is 470 g/mol. The van der Waals surface area contributed by atoms with E-state index in [1.54, 1.807) is 6.92 Å². The van der Waals surface area contributed by atoms with E-state index in [0.29, 0.717) is 39.0 Å². The third-order valence-corrected chi connectivity index (χ3v) is 5.71. The fourth-order valence-electron chi connectivity index (χ4n) is 3.97. The van der Waals surface area contributed by atoms with Crippen LogP contribution in [0.5, 0.6) is 0 Å². The molecule has 6 nitrogen and oxygen atoms in total. The standard InChI is InChI=1S/C28H39NO5/c1-3-33-27(31)19-11-6-5-10-18-25(28(32)34-4-2)29-21-20-26(30)24-17-13-12-16-23(24)22-14-8-7-9-15-22/h7-9,12-17,25-26,29-30H,3-6,10-11,18-21H2,1-2H3. The largest absolute Gasteiger partial charge is 0.466 e. The van der Waals surface area contributed by atoms with E-state index < -0.39 is 12.1 Å². The molecule has 0 radical (unpaired) electrons. The summed E-state index contributed by atoms with van der Waals surface area (Å²) in [6, 6.07) is 17.5. The van der Waals surface area contributed by atoms with Crippen LogP contribution in [0.2, 0.25) is 0 Å². The molecule has 2 rings (SSSR count). The van der Waals surface area contributed by atoms with Crippen LogP contribution in [0.15, 0.2) is 54.6 Å². The predicted octanol–water partition coefficient (Wildman–Crippen LogP) is 5.20. The topological polar surface area (TPSA) is 84.9 Å². The van der Waals surface area contributed by atoms with Gasteiger partial charge in [-0.3, -0.25) is 9.59 Å². The van der Waals surface area contributed by atoms with Crippen LogP contribution < -0.4 is 5.32 Å². The van der Waals surface area contributed by atoms with Crippen molar-refractivity contribution in [1.82, 2.24) is 5.32 Å². The van der Waals surface area contributed by atoms with Crippen LogP contribution >= 0.6 is 0 Å². The van der Waals surface area contributed by atoms with Gasteiger partial charge in [0.25, 0.3) is 0 Å². The van der Waals surface area contributed by atoms with Crippen molar-refractivity contribution < 1.29 is 24.2 Å². The van der Waals surface area contributed by atoms with Crippen molar-refractivity contribution in [3.63, 3.8) is 0 Å². The fraction of sp³-hybridized carbons (Fsp3) is 0.500. The van der Waals surface area contributed by atoms with Crippen molar-refractivity contribution in [2.45, 2.75) is 70.9 Å². The number of ether oxygens (including phenoxy) is 2. The van der Waals surface area contributed by atoms with Crippen molar-refractivity contribution in [3.05, 3.63) is 60.2 Å². The minimum atomic E-state index is -0.644. The van der Waals surface area contributed by atoms with E-state index in [0.717, 1.165) is 42.4 Å². The van der Waals surface area contributed by atoms with Crippen LogP contribution in [0.25, 0.3) is 11.1 Å². The number of nitrogens with one attached hydrogen (secondary N) is 1. The molecule has 2 aromatic carbocycles. The molecule has 2 atom stereocenters. The van der Waals surface area contributed by atoms with Gasteiger partial charge in [0, 0.05) is 6.42 Å². The summed E-state index contributed by atoms with van der Waals surface area (Å²) in [6.45, 7) is 4.86. The number of unbranched alkanes of at least 4 members (excludes halogenated alkanes) is 3. The highest BCUT2D eigenvalue weighted by atomic mass is 16.5. The molecule has 0 saturated heterocycles. The smallest absolute Gasteiger partial charge is 0.323 e. The Balaban J connectivity index is 1.83.